The van der Waals surface area contributed by atoms with Crippen LogP contribution in [0.5, 0.6) is 11.5 Å². The van der Waals surface area contributed by atoms with E-state index in [-0.39, 0.29) is 24.1 Å². The van der Waals surface area contributed by atoms with Gasteiger partial charge in [0, 0.05) is 54.0 Å². The number of hydrogen-bond donors (Lipinski definition) is 1. The summed E-state index contributed by atoms with van der Waals surface area (Å²) in [4.78, 5) is 41.0. The maximum atomic E-state index is 13.2. The molecule has 0 spiro atoms. The van der Waals surface area contributed by atoms with E-state index in [4.69, 9.17) is 9.47 Å². The van der Waals surface area contributed by atoms with Gasteiger partial charge in [-0.2, -0.15) is 0 Å². The maximum absolute atomic E-state index is 13.2. The van der Waals surface area contributed by atoms with Crippen LogP contribution in [-0.2, 0) is 14.4 Å². The van der Waals surface area contributed by atoms with E-state index in [9.17, 15) is 14.4 Å². The van der Waals surface area contributed by atoms with Gasteiger partial charge in [0.15, 0.2) is 29.7 Å². The van der Waals surface area contributed by atoms with Crippen molar-refractivity contribution in [1.29, 1.82) is 0 Å². The number of nitrogens with one attached hydrogen (secondary N) is 1. The topological polar surface area (TPSA) is 84.9 Å². The highest BCUT2D eigenvalue weighted by atomic mass is 16.5. The van der Waals surface area contributed by atoms with Crippen molar-refractivity contribution in [2.75, 3.05) is 26.1 Å². The standard InChI is InChI=1S/C30H32N2O5/c1-18-8-4-5-9-20(18)31-27(35)17-37-25-15-14-19(16-26(25)36-3)28-29-21(10-6-12-23(29)33)32(2)22-11-7-13-24(34)30(22)28/h4-5,8-9,14-16,28H,6-7,10-13,17H2,1-3H3,(H,31,35). The molecule has 7 nitrogen and oxygen atoms in total. The van der Waals surface area contributed by atoms with Crippen molar-refractivity contribution in [2.24, 2.45) is 0 Å². The van der Waals surface area contributed by atoms with Gasteiger partial charge in [0.1, 0.15) is 0 Å². The Bertz CT molecular complexity index is 1300. The highest BCUT2D eigenvalue weighted by Gasteiger charge is 2.42. The number of methoxy groups -OCH3 is 1. The quantitative estimate of drug-likeness (QED) is 0.597. The molecular weight excluding hydrogens is 468 g/mol. The van der Waals surface area contributed by atoms with E-state index in [1.165, 1.54) is 0 Å². The summed E-state index contributed by atoms with van der Waals surface area (Å²) in [6, 6.07) is 13.0. The van der Waals surface area contributed by atoms with Crippen LogP contribution in [0.3, 0.4) is 0 Å². The van der Waals surface area contributed by atoms with E-state index in [0.29, 0.717) is 24.3 Å². The summed E-state index contributed by atoms with van der Waals surface area (Å²) in [5.41, 5.74) is 6.05. The predicted molar refractivity (Wildman–Crippen MR) is 141 cm³/mol. The SMILES string of the molecule is COc1cc(C2C3=C(CCCC3=O)N(C)C3=C2C(=O)CCC3)ccc1OCC(=O)Nc1ccccc1C. The highest BCUT2D eigenvalue weighted by Crippen LogP contribution is 2.49. The number of hydrogen-bond acceptors (Lipinski definition) is 6. The number of benzene rings is 2. The summed E-state index contributed by atoms with van der Waals surface area (Å²) in [6.45, 7) is 1.75. The first kappa shape index (κ1) is 24.8. The second-order valence-corrected chi connectivity index (χ2v) is 9.83. The summed E-state index contributed by atoms with van der Waals surface area (Å²) in [5.74, 6) is 0.406. The molecule has 2 aliphatic carbocycles. The summed E-state index contributed by atoms with van der Waals surface area (Å²) in [5, 5.41) is 2.86. The monoisotopic (exact) mass is 500 g/mol. The van der Waals surface area contributed by atoms with E-state index in [1.54, 1.807) is 13.2 Å². The minimum atomic E-state index is -0.408. The van der Waals surface area contributed by atoms with Crippen molar-refractivity contribution in [2.45, 2.75) is 51.4 Å². The van der Waals surface area contributed by atoms with Crippen LogP contribution in [0.25, 0.3) is 0 Å². The molecule has 0 saturated heterocycles. The summed E-state index contributed by atoms with van der Waals surface area (Å²) >= 11 is 0. The van der Waals surface area contributed by atoms with Gasteiger partial charge in [-0.1, -0.05) is 24.3 Å². The lowest BCUT2D eigenvalue weighted by Gasteiger charge is -2.42. The number of aryl methyl sites for hydroxylation is 1. The Kier molecular flexibility index (Phi) is 6.87. The van der Waals surface area contributed by atoms with Crippen molar-refractivity contribution in [3.05, 3.63) is 76.1 Å². The Labute approximate surface area is 217 Å². The van der Waals surface area contributed by atoms with Gasteiger partial charge in [-0.3, -0.25) is 14.4 Å². The number of para-hydroxylation sites is 1. The van der Waals surface area contributed by atoms with Crippen LogP contribution >= 0.6 is 0 Å². The maximum Gasteiger partial charge on any atom is 0.262 e. The van der Waals surface area contributed by atoms with Crippen molar-refractivity contribution in [3.63, 3.8) is 0 Å². The molecule has 1 N–H and O–H groups in total. The smallest absolute Gasteiger partial charge is 0.262 e. The molecule has 5 rings (SSSR count). The average Bonchev–Trinajstić information content (AvgIpc) is 2.90. The molecule has 0 aromatic heterocycles. The lowest BCUT2D eigenvalue weighted by atomic mass is 9.71. The largest absolute Gasteiger partial charge is 0.493 e. The molecule has 192 valence electrons. The molecule has 2 aromatic carbocycles. The second kappa shape index (κ2) is 10.2. The molecule has 37 heavy (non-hydrogen) atoms. The first-order valence-electron chi connectivity index (χ1n) is 12.8. The highest BCUT2D eigenvalue weighted by molar-refractivity contribution is 6.06. The van der Waals surface area contributed by atoms with Crippen LogP contribution in [0.15, 0.2) is 65.0 Å². The number of allylic oxidation sites excluding steroid dienone is 4. The predicted octanol–water partition coefficient (Wildman–Crippen LogP) is 5.06. The molecular formula is C30H32N2O5. The number of carbonyl (C=O) groups is 3. The van der Waals surface area contributed by atoms with Gasteiger partial charge in [0.25, 0.3) is 5.91 Å². The van der Waals surface area contributed by atoms with E-state index in [1.807, 2.05) is 50.4 Å². The van der Waals surface area contributed by atoms with Crippen molar-refractivity contribution in [3.8, 4) is 11.5 Å². The fraction of sp³-hybridized carbons (Fsp3) is 0.367. The number of rotatable bonds is 6. The molecule has 0 saturated carbocycles. The van der Waals surface area contributed by atoms with Gasteiger partial charge >= 0.3 is 0 Å². The van der Waals surface area contributed by atoms with Gasteiger partial charge < -0.3 is 19.7 Å². The van der Waals surface area contributed by atoms with Gasteiger partial charge in [0.2, 0.25) is 0 Å². The molecule has 3 aliphatic rings. The van der Waals surface area contributed by atoms with Gasteiger partial charge in [-0.15, -0.1) is 0 Å². The molecule has 0 unspecified atom stereocenters. The first-order chi connectivity index (χ1) is 17.9. The third kappa shape index (κ3) is 4.66. The number of amides is 1. The number of carbonyl (C=O) groups excluding carboxylic acids is 3. The number of anilines is 1. The summed E-state index contributed by atoms with van der Waals surface area (Å²) < 4.78 is 11.4. The summed E-state index contributed by atoms with van der Waals surface area (Å²) in [7, 11) is 3.53. The van der Waals surface area contributed by atoms with Crippen molar-refractivity contribution < 1.29 is 23.9 Å². The molecule has 1 aliphatic heterocycles. The Morgan fingerprint density at radius 2 is 1.59 bits per heavy atom. The molecule has 7 heteroatoms. The van der Waals surface area contributed by atoms with Gasteiger partial charge in [-0.25, -0.2) is 0 Å². The molecule has 2 aromatic rings. The van der Waals surface area contributed by atoms with Crippen LogP contribution in [0.2, 0.25) is 0 Å². The minimum Gasteiger partial charge on any atom is -0.493 e. The number of Topliss-reactive ketones (excluding diaryl/α,β-unsaturated/α-hetero) is 2. The van der Waals surface area contributed by atoms with E-state index in [2.05, 4.69) is 10.2 Å². The molecule has 1 heterocycles. The van der Waals surface area contributed by atoms with Crippen LogP contribution in [-0.4, -0.2) is 43.1 Å². The lowest BCUT2D eigenvalue weighted by Crippen LogP contribution is -2.37. The second-order valence-electron chi connectivity index (χ2n) is 9.83. The fourth-order valence-electron chi connectivity index (χ4n) is 5.71. The van der Waals surface area contributed by atoms with Crippen LogP contribution in [0.4, 0.5) is 5.69 Å². The molecule has 0 atom stereocenters. The average molecular weight is 501 g/mol. The van der Waals surface area contributed by atoms with Crippen LogP contribution < -0.4 is 14.8 Å². The van der Waals surface area contributed by atoms with Crippen LogP contribution in [0.1, 0.15) is 55.6 Å². The zero-order valence-electron chi connectivity index (χ0n) is 21.6. The minimum absolute atomic E-state index is 0.107. The third-order valence-electron chi connectivity index (χ3n) is 7.54. The zero-order chi connectivity index (χ0) is 26.1. The van der Waals surface area contributed by atoms with Crippen LogP contribution in [0, 0.1) is 6.92 Å². The molecule has 0 radical (unpaired) electrons. The summed E-state index contributed by atoms with van der Waals surface area (Å²) in [6.07, 6.45) is 4.29. The number of ketones is 2. The molecule has 0 bridgehead atoms. The zero-order valence-corrected chi connectivity index (χ0v) is 21.6. The molecule has 0 fully saturated rings. The van der Waals surface area contributed by atoms with Gasteiger partial charge in [0.05, 0.1) is 7.11 Å². The Morgan fingerprint density at radius 3 is 2.22 bits per heavy atom. The number of nitrogens with zero attached hydrogens (tertiary/aromatic N) is 1. The van der Waals surface area contributed by atoms with Crippen molar-refractivity contribution >= 4 is 23.2 Å². The Hall–Kier alpha value is -3.87. The lowest BCUT2D eigenvalue weighted by molar-refractivity contribution is -0.118. The first-order valence-corrected chi connectivity index (χ1v) is 12.8. The van der Waals surface area contributed by atoms with E-state index in [0.717, 1.165) is 65.0 Å². The van der Waals surface area contributed by atoms with Crippen molar-refractivity contribution in [1.82, 2.24) is 4.90 Å². The number of ether oxygens (including phenoxy) is 2. The van der Waals surface area contributed by atoms with E-state index >= 15 is 0 Å². The third-order valence-corrected chi connectivity index (χ3v) is 7.54. The van der Waals surface area contributed by atoms with Gasteiger partial charge in [-0.05, 0) is 61.9 Å². The fourth-order valence-corrected chi connectivity index (χ4v) is 5.71. The molecule has 1 amide bonds. The Balaban J connectivity index is 1.44. The van der Waals surface area contributed by atoms with E-state index < -0.39 is 5.92 Å². The Morgan fingerprint density at radius 1 is 0.946 bits per heavy atom. The normalized spacial score (nSPS) is 18.0.